The number of ether oxygens (including phenoxy) is 1. The van der Waals surface area contributed by atoms with Crippen molar-refractivity contribution in [2.24, 2.45) is 5.10 Å². The van der Waals surface area contributed by atoms with E-state index in [4.69, 9.17) is 17.0 Å². The van der Waals surface area contributed by atoms with Gasteiger partial charge in [0.1, 0.15) is 11.5 Å². The summed E-state index contributed by atoms with van der Waals surface area (Å²) in [7, 11) is 5.22. The summed E-state index contributed by atoms with van der Waals surface area (Å²) in [5.74, 6) is 0.808. The zero-order valence-electron chi connectivity index (χ0n) is 10.9. The molecule has 1 aromatic carbocycles. The van der Waals surface area contributed by atoms with Crippen molar-refractivity contribution in [2.75, 3.05) is 21.2 Å². The van der Waals surface area contributed by atoms with E-state index in [1.807, 2.05) is 14.1 Å². The van der Waals surface area contributed by atoms with Gasteiger partial charge in [-0.1, -0.05) is 0 Å². The SMILES string of the molecule is COc1ccc(O)c(/C(C)=N/NC(=S)N(C)C)c1. The van der Waals surface area contributed by atoms with Gasteiger partial charge in [0.15, 0.2) is 5.11 Å². The molecule has 0 unspecified atom stereocenters. The minimum atomic E-state index is 0.148. The zero-order valence-corrected chi connectivity index (χ0v) is 11.7. The average molecular weight is 267 g/mol. The Balaban J connectivity index is 2.92. The van der Waals surface area contributed by atoms with Crippen molar-refractivity contribution in [3.8, 4) is 11.5 Å². The summed E-state index contributed by atoms with van der Waals surface area (Å²) in [5, 5.41) is 14.4. The number of hydrazone groups is 1. The van der Waals surface area contributed by atoms with Gasteiger partial charge >= 0.3 is 0 Å². The highest BCUT2D eigenvalue weighted by atomic mass is 32.1. The minimum absolute atomic E-state index is 0.148. The zero-order chi connectivity index (χ0) is 13.7. The molecule has 0 aliphatic rings. The Hall–Kier alpha value is -1.82. The standard InChI is InChI=1S/C12H17N3O2S/c1-8(13-14-12(18)15(2)3)10-7-9(17-4)5-6-11(10)16/h5-7,16H,1-4H3,(H,14,18)/b13-8+. The number of hydrogen-bond donors (Lipinski definition) is 2. The molecule has 0 atom stereocenters. The molecule has 0 aromatic heterocycles. The summed E-state index contributed by atoms with van der Waals surface area (Å²) >= 11 is 5.05. The van der Waals surface area contributed by atoms with Gasteiger partial charge < -0.3 is 14.7 Å². The van der Waals surface area contributed by atoms with Crippen LogP contribution >= 0.6 is 12.2 Å². The third kappa shape index (κ3) is 3.59. The molecule has 18 heavy (non-hydrogen) atoms. The van der Waals surface area contributed by atoms with E-state index < -0.39 is 0 Å². The van der Waals surface area contributed by atoms with Crippen molar-refractivity contribution in [2.45, 2.75) is 6.92 Å². The number of aromatic hydroxyl groups is 1. The number of nitrogens with zero attached hydrogens (tertiary/aromatic N) is 2. The Morgan fingerprint density at radius 2 is 2.11 bits per heavy atom. The van der Waals surface area contributed by atoms with Crippen molar-refractivity contribution < 1.29 is 9.84 Å². The maximum Gasteiger partial charge on any atom is 0.189 e. The fourth-order valence-corrected chi connectivity index (χ4v) is 1.27. The second kappa shape index (κ2) is 6.20. The number of phenolic OH excluding ortho intramolecular Hbond substituents is 1. The number of phenols is 1. The van der Waals surface area contributed by atoms with E-state index in [-0.39, 0.29) is 5.75 Å². The van der Waals surface area contributed by atoms with Crippen molar-refractivity contribution in [1.82, 2.24) is 10.3 Å². The molecule has 0 spiro atoms. The van der Waals surface area contributed by atoms with Crippen LogP contribution in [0.3, 0.4) is 0 Å². The first kappa shape index (κ1) is 14.2. The first-order valence-electron chi connectivity index (χ1n) is 5.34. The normalized spacial score (nSPS) is 11.0. The average Bonchev–Trinajstić information content (AvgIpc) is 2.35. The molecule has 98 valence electrons. The quantitative estimate of drug-likeness (QED) is 0.494. The highest BCUT2D eigenvalue weighted by Gasteiger charge is 2.07. The molecule has 2 N–H and O–H groups in total. The molecule has 1 aromatic rings. The van der Waals surface area contributed by atoms with E-state index in [0.717, 1.165) is 0 Å². The van der Waals surface area contributed by atoms with Gasteiger partial charge in [-0.05, 0) is 37.3 Å². The van der Waals surface area contributed by atoms with E-state index in [1.165, 1.54) is 0 Å². The van der Waals surface area contributed by atoms with Crippen LogP contribution in [-0.4, -0.2) is 42.0 Å². The predicted octanol–water partition coefficient (Wildman–Crippen LogP) is 1.56. The van der Waals surface area contributed by atoms with Crippen LogP contribution in [0.15, 0.2) is 23.3 Å². The van der Waals surface area contributed by atoms with Crippen LogP contribution in [-0.2, 0) is 0 Å². The van der Waals surface area contributed by atoms with Gasteiger partial charge in [0.05, 0.1) is 12.8 Å². The number of benzene rings is 1. The Bertz CT molecular complexity index is 472. The summed E-state index contributed by atoms with van der Waals surface area (Å²) in [6.45, 7) is 1.78. The topological polar surface area (TPSA) is 57.1 Å². The Morgan fingerprint density at radius 3 is 2.67 bits per heavy atom. The number of rotatable bonds is 3. The Morgan fingerprint density at radius 1 is 1.44 bits per heavy atom. The van der Waals surface area contributed by atoms with Gasteiger partial charge in [0.25, 0.3) is 0 Å². The van der Waals surface area contributed by atoms with Crippen LogP contribution in [0.1, 0.15) is 12.5 Å². The summed E-state index contributed by atoms with van der Waals surface area (Å²) in [6, 6.07) is 4.97. The molecule has 0 saturated carbocycles. The summed E-state index contributed by atoms with van der Waals surface area (Å²) < 4.78 is 5.10. The molecule has 0 amide bonds. The summed E-state index contributed by atoms with van der Waals surface area (Å²) in [5.41, 5.74) is 3.96. The predicted molar refractivity (Wildman–Crippen MR) is 76.3 cm³/mol. The van der Waals surface area contributed by atoms with Crippen molar-refractivity contribution in [1.29, 1.82) is 0 Å². The Labute approximate surface area is 112 Å². The molecule has 5 nitrogen and oxygen atoms in total. The van der Waals surface area contributed by atoms with Crippen LogP contribution in [0.25, 0.3) is 0 Å². The summed E-state index contributed by atoms with van der Waals surface area (Å²) in [4.78, 5) is 1.73. The third-order valence-electron chi connectivity index (χ3n) is 2.32. The molecule has 0 saturated heterocycles. The third-order valence-corrected chi connectivity index (χ3v) is 2.78. The fraction of sp³-hybridized carbons (Fsp3) is 0.333. The largest absolute Gasteiger partial charge is 0.507 e. The van der Waals surface area contributed by atoms with Gasteiger partial charge in [-0.15, -0.1) is 0 Å². The first-order valence-corrected chi connectivity index (χ1v) is 5.75. The van der Waals surface area contributed by atoms with Gasteiger partial charge in [0.2, 0.25) is 0 Å². The lowest BCUT2D eigenvalue weighted by Gasteiger charge is -2.13. The maximum atomic E-state index is 9.77. The van der Waals surface area contributed by atoms with Crippen molar-refractivity contribution in [3.05, 3.63) is 23.8 Å². The number of nitrogens with one attached hydrogen (secondary N) is 1. The molecular weight excluding hydrogens is 250 g/mol. The van der Waals surface area contributed by atoms with E-state index >= 15 is 0 Å². The van der Waals surface area contributed by atoms with E-state index in [9.17, 15) is 5.11 Å². The van der Waals surface area contributed by atoms with Crippen LogP contribution in [0.4, 0.5) is 0 Å². The molecular formula is C12H17N3O2S. The van der Waals surface area contributed by atoms with E-state index in [0.29, 0.717) is 22.1 Å². The van der Waals surface area contributed by atoms with Crippen LogP contribution < -0.4 is 10.2 Å². The van der Waals surface area contributed by atoms with Gasteiger partial charge in [-0.25, -0.2) is 0 Å². The monoisotopic (exact) mass is 267 g/mol. The molecule has 0 bridgehead atoms. The van der Waals surface area contributed by atoms with Crippen molar-refractivity contribution >= 4 is 23.0 Å². The number of methoxy groups -OCH3 is 1. The van der Waals surface area contributed by atoms with E-state index in [1.54, 1.807) is 37.1 Å². The lowest BCUT2D eigenvalue weighted by atomic mass is 10.1. The summed E-state index contributed by atoms with van der Waals surface area (Å²) in [6.07, 6.45) is 0. The molecule has 1 rings (SSSR count). The van der Waals surface area contributed by atoms with Crippen LogP contribution in [0.5, 0.6) is 11.5 Å². The molecule has 0 aliphatic carbocycles. The van der Waals surface area contributed by atoms with Gasteiger partial charge in [0, 0.05) is 19.7 Å². The van der Waals surface area contributed by atoms with Crippen LogP contribution in [0.2, 0.25) is 0 Å². The van der Waals surface area contributed by atoms with Crippen molar-refractivity contribution in [3.63, 3.8) is 0 Å². The second-order valence-corrected chi connectivity index (χ2v) is 4.28. The highest BCUT2D eigenvalue weighted by Crippen LogP contribution is 2.23. The molecule has 6 heteroatoms. The molecule has 0 fully saturated rings. The molecule has 0 aliphatic heterocycles. The van der Waals surface area contributed by atoms with Crippen LogP contribution in [0, 0.1) is 0 Å². The minimum Gasteiger partial charge on any atom is -0.507 e. The lowest BCUT2D eigenvalue weighted by molar-refractivity contribution is 0.412. The number of thiocarbonyl (C=S) groups is 1. The fourth-order valence-electron chi connectivity index (χ4n) is 1.22. The van der Waals surface area contributed by atoms with Gasteiger partial charge in [-0.2, -0.15) is 5.10 Å². The Kier molecular flexibility index (Phi) is 4.91. The maximum absolute atomic E-state index is 9.77. The van der Waals surface area contributed by atoms with Gasteiger partial charge in [-0.3, -0.25) is 5.43 Å². The smallest absolute Gasteiger partial charge is 0.189 e. The lowest BCUT2D eigenvalue weighted by Crippen LogP contribution is -2.31. The highest BCUT2D eigenvalue weighted by molar-refractivity contribution is 7.80. The van der Waals surface area contributed by atoms with E-state index in [2.05, 4.69) is 10.5 Å². The first-order chi connectivity index (χ1) is 8.45. The molecule has 0 heterocycles. The molecule has 0 radical (unpaired) electrons. The number of hydrogen-bond acceptors (Lipinski definition) is 4. The second-order valence-electron chi connectivity index (χ2n) is 3.89.